The Hall–Kier alpha value is -0.790. The van der Waals surface area contributed by atoms with Crippen molar-refractivity contribution in [3.63, 3.8) is 0 Å². The van der Waals surface area contributed by atoms with Gasteiger partial charge in [-0.3, -0.25) is 0 Å². The molecule has 1 aromatic carbocycles. The van der Waals surface area contributed by atoms with Gasteiger partial charge in [0.1, 0.15) is 0 Å². The molecule has 0 spiro atoms. The van der Waals surface area contributed by atoms with Crippen LogP contribution in [-0.2, 0) is 0 Å². The van der Waals surface area contributed by atoms with E-state index in [1.54, 1.807) is 0 Å². The topological polar surface area (TPSA) is 20.2 Å². The van der Waals surface area contributed by atoms with Crippen LogP contribution in [0, 0.1) is 34.5 Å². The van der Waals surface area contributed by atoms with Crippen molar-refractivity contribution in [2.45, 2.75) is 77.7 Å². The molecule has 0 heterocycles. The predicted molar refractivity (Wildman–Crippen MR) is 117 cm³/mol. The van der Waals surface area contributed by atoms with E-state index >= 15 is 0 Å². The van der Waals surface area contributed by atoms with Gasteiger partial charge in [-0.2, -0.15) is 0 Å². The number of rotatable bonds is 1. The smallest absolute Gasteiger partial charge is 0.0809 e. The molecule has 1 aromatic rings. The van der Waals surface area contributed by atoms with Crippen LogP contribution >= 0.6 is 11.6 Å². The van der Waals surface area contributed by atoms with Crippen LogP contribution in [0.3, 0.4) is 0 Å². The second-order valence-electron chi connectivity index (χ2n) is 10.8. The highest BCUT2D eigenvalue weighted by Gasteiger charge is 2.60. The number of halogens is 1. The van der Waals surface area contributed by atoms with Gasteiger partial charge in [0.05, 0.1) is 6.10 Å². The van der Waals surface area contributed by atoms with Gasteiger partial charge in [-0.1, -0.05) is 62.6 Å². The van der Waals surface area contributed by atoms with Crippen LogP contribution in [0.5, 0.6) is 0 Å². The van der Waals surface area contributed by atoms with Crippen LogP contribution < -0.4 is 0 Å². The zero-order valence-corrected chi connectivity index (χ0v) is 18.2. The summed E-state index contributed by atoms with van der Waals surface area (Å²) in [5, 5.41) is 12.2. The van der Waals surface area contributed by atoms with E-state index in [1.165, 1.54) is 56.9 Å². The minimum Gasteiger partial charge on any atom is -0.388 e. The fourth-order valence-electron chi connectivity index (χ4n) is 8.09. The lowest BCUT2D eigenvalue weighted by Crippen LogP contribution is -2.53. The summed E-state index contributed by atoms with van der Waals surface area (Å²) in [6.45, 7) is 5.00. The minimum absolute atomic E-state index is 0.0477. The maximum Gasteiger partial charge on any atom is 0.0809 e. The van der Waals surface area contributed by atoms with Gasteiger partial charge in [0.2, 0.25) is 0 Å². The van der Waals surface area contributed by atoms with E-state index in [-0.39, 0.29) is 11.5 Å². The van der Waals surface area contributed by atoms with Gasteiger partial charge in [0.15, 0.2) is 0 Å². The van der Waals surface area contributed by atoms with Crippen molar-refractivity contribution in [1.29, 1.82) is 0 Å². The van der Waals surface area contributed by atoms with Crippen LogP contribution in [0.2, 0.25) is 5.02 Å². The molecular formula is C26H35ClO. The molecular weight excluding hydrogens is 364 g/mol. The maximum absolute atomic E-state index is 11.4. The molecule has 0 bridgehead atoms. The Kier molecular flexibility index (Phi) is 4.71. The lowest BCUT2D eigenvalue weighted by Gasteiger charge is -2.60. The number of aliphatic hydroxyl groups excluding tert-OH is 1. The van der Waals surface area contributed by atoms with E-state index in [9.17, 15) is 5.11 Å². The molecule has 0 radical (unpaired) electrons. The highest BCUT2D eigenvalue weighted by molar-refractivity contribution is 6.32. The van der Waals surface area contributed by atoms with Crippen molar-refractivity contribution in [2.75, 3.05) is 0 Å². The summed E-state index contributed by atoms with van der Waals surface area (Å²) in [5.41, 5.74) is 2.88. The Balaban J connectivity index is 1.47. The average Bonchev–Trinajstić information content (AvgIpc) is 2.94. The van der Waals surface area contributed by atoms with Crippen LogP contribution in [0.15, 0.2) is 29.8 Å². The summed E-state index contributed by atoms with van der Waals surface area (Å²) < 4.78 is 0. The lowest BCUT2D eigenvalue weighted by atomic mass is 9.45. The molecule has 0 unspecified atom stereocenters. The lowest BCUT2D eigenvalue weighted by molar-refractivity contribution is -0.119. The Morgan fingerprint density at radius 3 is 2.61 bits per heavy atom. The summed E-state index contributed by atoms with van der Waals surface area (Å²) in [6.07, 6.45) is 14.0. The van der Waals surface area contributed by atoms with Gasteiger partial charge in [0.25, 0.3) is 0 Å². The number of hydrogen-bond acceptors (Lipinski definition) is 1. The first-order chi connectivity index (χ1) is 13.4. The Labute approximate surface area is 175 Å². The molecule has 28 heavy (non-hydrogen) atoms. The Morgan fingerprint density at radius 2 is 1.79 bits per heavy atom. The Bertz CT molecular complexity index is 784. The number of hydrogen-bond donors (Lipinski definition) is 1. The fourth-order valence-corrected chi connectivity index (χ4v) is 8.28. The minimum atomic E-state index is -0.313. The Morgan fingerprint density at radius 1 is 0.964 bits per heavy atom. The average molecular weight is 399 g/mol. The molecule has 4 aliphatic carbocycles. The van der Waals surface area contributed by atoms with Crippen LogP contribution in [0.4, 0.5) is 0 Å². The molecule has 0 aliphatic heterocycles. The number of fused-ring (bicyclic) bond motifs is 5. The molecule has 4 saturated carbocycles. The van der Waals surface area contributed by atoms with Gasteiger partial charge in [-0.05, 0) is 91.2 Å². The first kappa shape index (κ1) is 19.2. The summed E-state index contributed by atoms with van der Waals surface area (Å²) in [5.74, 6) is 3.26. The third kappa shape index (κ3) is 2.76. The largest absolute Gasteiger partial charge is 0.388 e. The molecule has 0 amide bonds. The summed E-state index contributed by atoms with van der Waals surface area (Å²) >= 11 is 6.42. The summed E-state index contributed by atoms with van der Waals surface area (Å²) in [7, 11) is 0. The second-order valence-corrected chi connectivity index (χ2v) is 11.2. The monoisotopic (exact) mass is 398 g/mol. The van der Waals surface area contributed by atoms with E-state index < -0.39 is 0 Å². The molecule has 1 nitrogen and oxygen atoms in total. The van der Waals surface area contributed by atoms with Crippen molar-refractivity contribution >= 4 is 17.7 Å². The summed E-state index contributed by atoms with van der Waals surface area (Å²) in [6, 6.07) is 8.04. The molecule has 7 atom stereocenters. The third-order valence-electron chi connectivity index (χ3n) is 9.70. The molecule has 0 saturated heterocycles. The first-order valence-electron chi connectivity index (χ1n) is 11.6. The van der Waals surface area contributed by atoms with Crippen molar-refractivity contribution in [3.8, 4) is 0 Å². The van der Waals surface area contributed by atoms with Crippen molar-refractivity contribution in [2.24, 2.45) is 34.5 Å². The van der Waals surface area contributed by atoms with Crippen LogP contribution in [0.25, 0.3) is 6.08 Å². The molecule has 152 valence electrons. The van der Waals surface area contributed by atoms with E-state index in [1.807, 2.05) is 18.2 Å². The molecule has 4 fully saturated rings. The van der Waals surface area contributed by atoms with E-state index in [2.05, 4.69) is 26.0 Å². The third-order valence-corrected chi connectivity index (χ3v) is 10.0. The maximum atomic E-state index is 11.4. The van der Waals surface area contributed by atoms with E-state index in [0.29, 0.717) is 11.3 Å². The van der Waals surface area contributed by atoms with Crippen molar-refractivity contribution in [1.82, 2.24) is 0 Å². The first-order valence-corrected chi connectivity index (χ1v) is 11.9. The number of benzene rings is 1. The standard InChI is InChI=1S/C26H35ClO/c1-25-13-6-5-8-19(25)10-11-20-21(25)12-14-26(2)22(20)16-18(24(26)28)15-17-7-3-4-9-23(17)27/h3-4,7,9,15,19-22,24,28H,5-6,8,10-14,16H2,1-2H3/b18-15+/t19-,20+,21-,22-,24-,25-,26-/m0/s1. The van der Waals surface area contributed by atoms with Gasteiger partial charge in [-0.25, -0.2) is 0 Å². The normalized spacial score (nSPS) is 46.7. The highest BCUT2D eigenvalue weighted by atomic mass is 35.5. The van der Waals surface area contributed by atoms with Gasteiger partial charge < -0.3 is 5.11 Å². The van der Waals surface area contributed by atoms with Crippen LogP contribution in [0.1, 0.15) is 77.2 Å². The quantitative estimate of drug-likeness (QED) is 0.533. The summed E-state index contributed by atoms with van der Waals surface area (Å²) in [4.78, 5) is 0. The zero-order valence-electron chi connectivity index (χ0n) is 17.5. The molecule has 1 N–H and O–H groups in total. The van der Waals surface area contributed by atoms with Gasteiger partial charge in [0, 0.05) is 10.4 Å². The fraction of sp³-hybridized carbons (Fsp3) is 0.692. The molecule has 0 aromatic heterocycles. The molecule has 5 rings (SSSR count). The van der Waals surface area contributed by atoms with Crippen molar-refractivity contribution < 1.29 is 5.11 Å². The highest BCUT2D eigenvalue weighted by Crippen LogP contribution is 2.67. The second kappa shape index (κ2) is 6.88. The number of aliphatic hydroxyl groups is 1. The van der Waals surface area contributed by atoms with Gasteiger partial charge >= 0.3 is 0 Å². The molecule has 4 aliphatic rings. The van der Waals surface area contributed by atoms with Crippen molar-refractivity contribution in [3.05, 3.63) is 40.4 Å². The van der Waals surface area contributed by atoms with E-state index in [0.717, 1.165) is 34.8 Å². The predicted octanol–water partition coefficient (Wildman–Crippen LogP) is 7.13. The van der Waals surface area contributed by atoms with Gasteiger partial charge in [-0.15, -0.1) is 0 Å². The van der Waals surface area contributed by atoms with Crippen LogP contribution in [-0.4, -0.2) is 11.2 Å². The zero-order chi connectivity index (χ0) is 19.5. The van der Waals surface area contributed by atoms with E-state index in [4.69, 9.17) is 11.6 Å². The molecule has 2 heteroatoms. The SMILES string of the molecule is C[C@]12CCCC[C@H]1CC[C@@H]1[C@@H]2CC[C@]2(C)[C@@H](O)/C(=C/c3ccccc3Cl)C[C@@H]12.